The van der Waals surface area contributed by atoms with Gasteiger partial charge in [-0.3, -0.25) is 9.32 Å². The minimum Gasteiger partial charge on any atom is -0.459 e. The van der Waals surface area contributed by atoms with E-state index in [-0.39, 0.29) is 30.8 Å². The van der Waals surface area contributed by atoms with Crippen molar-refractivity contribution in [2.45, 2.75) is 79.7 Å². The number of imidazole rings is 1. The van der Waals surface area contributed by atoms with Crippen LogP contribution in [-0.4, -0.2) is 45.4 Å². The standard InChI is InChI=1S/C33H45ClN5O6P/c1-9-42-19-27-37-29-30(24-12-10-11-13-25(24)36-31(29)35)39(27)26(20(2)3)18-43-46(41,45-23-16-14-22(34)15-17-23)38-28(21(4)5)32(40)44-33(6,7)8/h10-17,20-21,26,28H,9,18-19H2,1-8H3,(H2,35,36)(H,38,41)/t26-,28+,46?/m1/s1. The maximum atomic E-state index is 14.7. The number of halogens is 1. The van der Waals surface area contributed by atoms with Crippen molar-refractivity contribution in [2.75, 3.05) is 18.9 Å². The molecule has 0 saturated carbocycles. The number of nitrogens with zero attached hydrogens (tertiary/aromatic N) is 3. The van der Waals surface area contributed by atoms with E-state index in [0.29, 0.717) is 28.8 Å². The SMILES string of the molecule is CCOCc1nc2c(N)nc3ccccc3c2n1[C@H](COP(=O)(N[C@H](C(=O)OC(C)(C)C)C(C)C)Oc1ccc(Cl)cc1)C(C)C. The molecule has 0 fully saturated rings. The molecule has 11 nitrogen and oxygen atoms in total. The number of carbonyl (C=O) groups is 1. The van der Waals surface area contributed by atoms with Crippen LogP contribution in [-0.2, 0) is 30.0 Å². The number of carbonyl (C=O) groups excluding carboxylic acids is 1. The van der Waals surface area contributed by atoms with Gasteiger partial charge in [-0.1, -0.05) is 57.5 Å². The molecule has 0 bridgehead atoms. The second-order valence-electron chi connectivity index (χ2n) is 12.8. The number of pyridine rings is 1. The van der Waals surface area contributed by atoms with Gasteiger partial charge in [-0.25, -0.2) is 14.5 Å². The van der Waals surface area contributed by atoms with E-state index in [9.17, 15) is 9.36 Å². The number of esters is 1. The third-order valence-electron chi connectivity index (χ3n) is 7.24. The molecule has 0 aliphatic rings. The highest BCUT2D eigenvalue weighted by atomic mass is 35.5. The van der Waals surface area contributed by atoms with E-state index in [1.165, 1.54) is 0 Å². The summed E-state index contributed by atoms with van der Waals surface area (Å²) in [5, 5.41) is 4.25. The average Bonchev–Trinajstić information content (AvgIpc) is 3.35. The summed E-state index contributed by atoms with van der Waals surface area (Å²) >= 11 is 6.09. The number of para-hydroxylation sites is 1. The lowest BCUT2D eigenvalue weighted by Crippen LogP contribution is -2.44. The zero-order valence-electron chi connectivity index (χ0n) is 27.7. The number of benzene rings is 2. The molecular formula is C33H45ClN5O6P. The molecule has 4 aromatic rings. The summed E-state index contributed by atoms with van der Waals surface area (Å²) in [7, 11) is -4.23. The Morgan fingerprint density at radius 3 is 2.33 bits per heavy atom. The molecule has 4 rings (SSSR count). The van der Waals surface area contributed by atoms with E-state index in [1.807, 2.05) is 63.5 Å². The van der Waals surface area contributed by atoms with Crippen LogP contribution in [0.15, 0.2) is 48.5 Å². The van der Waals surface area contributed by atoms with Crippen LogP contribution >= 0.6 is 19.3 Å². The van der Waals surface area contributed by atoms with E-state index >= 15 is 0 Å². The maximum absolute atomic E-state index is 14.7. The summed E-state index contributed by atoms with van der Waals surface area (Å²) in [5.41, 5.74) is 7.70. The Hall–Kier alpha value is -3.21. The number of nitrogens with one attached hydrogen (secondary N) is 1. The van der Waals surface area contributed by atoms with E-state index in [0.717, 1.165) is 16.4 Å². The quantitative estimate of drug-likeness (QED) is 0.101. The fourth-order valence-corrected chi connectivity index (χ4v) is 6.79. The number of hydrogen-bond acceptors (Lipinski definition) is 9. The van der Waals surface area contributed by atoms with Gasteiger partial charge in [0.2, 0.25) is 0 Å². The van der Waals surface area contributed by atoms with Gasteiger partial charge in [0.05, 0.1) is 23.7 Å². The summed E-state index contributed by atoms with van der Waals surface area (Å²) in [5.74, 6) is 0.257. The van der Waals surface area contributed by atoms with Gasteiger partial charge in [0, 0.05) is 17.0 Å². The smallest absolute Gasteiger partial charge is 0.459 e. The zero-order valence-corrected chi connectivity index (χ0v) is 29.4. The molecule has 2 aromatic carbocycles. The average molecular weight is 674 g/mol. The third kappa shape index (κ3) is 8.57. The van der Waals surface area contributed by atoms with E-state index in [1.54, 1.807) is 45.0 Å². The molecule has 2 heterocycles. The van der Waals surface area contributed by atoms with E-state index in [2.05, 4.69) is 10.1 Å². The third-order valence-corrected chi connectivity index (χ3v) is 9.03. The Labute approximate surface area is 275 Å². The van der Waals surface area contributed by atoms with Gasteiger partial charge in [-0.2, -0.15) is 5.09 Å². The van der Waals surface area contributed by atoms with Crippen molar-refractivity contribution in [3.63, 3.8) is 0 Å². The molecule has 2 aromatic heterocycles. The number of nitrogens with two attached hydrogens (primary N) is 1. The van der Waals surface area contributed by atoms with Crippen molar-refractivity contribution >= 4 is 53.1 Å². The summed E-state index contributed by atoms with van der Waals surface area (Å²) in [6.07, 6.45) is 0. The zero-order chi connectivity index (χ0) is 33.8. The van der Waals surface area contributed by atoms with Crippen LogP contribution in [0.2, 0.25) is 5.02 Å². The second kappa shape index (κ2) is 14.7. The molecule has 13 heteroatoms. The minimum atomic E-state index is -4.23. The van der Waals surface area contributed by atoms with Crippen LogP contribution in [0.3, 0.4) is 0 Å². The highest BCUT2D eigenvalue weighted by molar-refractivity contribution is 7.52. The summed E-state index contributed by atoms with van der Waals surface area (Å²) in [6.45, 7) is 15.6. The topological polar surface area (TPSA) is 140 Å². The lowest BCUT2D eigenvalue weighted by atomic mass is 10.0. The van der Waals surface area contributed by atoms with E-state index < -0.39 is 31.4 Å². The first-order chi connectivity index (χ1) is 21.6. The molecule has 0 saturated heterocycles. The molecule has 0 radical (unpaired) electrons. The molecule has 250 valence electrons. The van der Waals surface area contributed by atoms with Crippen LogP contribution in [0, 0.1) is 11.8 Å². The molecule has 46 heavy (non-hydrogen) atoms. The predicted octanol–water partition coefficient (Wildman–Crippen LogP) is 7.71. The van der Waals surface area contributed by atoms with Crippen molar-refractivity contribution in [2.24, 2.45) is 11.8 Å². The largest absolute Gasteiger partial charge is 0.459 e. The number of anilines is 1. The Morgan fingerprint density at radius 1 is 1.04 bits per heavy atom. The number of fused-ring (bicyclic) bond motifs is 3. The molecule has 0 aliphatic heterocycles. The maximum Gasteiger partial charge on any atom is 0.459 e. The van der Waals surface area contributed by atoms with Crippen molar-refractivity contribution in [1.29, 1.82) is 0 Å². The first kappa shape index (κ1) is 35.6. The normalized spacial score (nSPS) is 14.9. The van der Waals surface area contributed by atoms with Gasteiger partial charge >= 0.3 is 13.7 Å². The predicted molar refractivity (Wildman–Crippen MR) is 182 cm³/mol. The Balaban J connectivity index is 1.79. The Morgan fingerprint density at radius 2 is 1.72 bits per heavy atom. The van der Waals surface area contributed by atoms with Gasteiger partial charge in [-0.05, 0) is 69.9 Å². The van der Waals surface area contributed by atoms with Crippen LogP contribution < -0.4 is 15.3 Å². The first-order valence-electron chi connectivity index (χ1n) is 15.5. The van der Waals surface area contributed by atoms with E-state index in [4.69, 9.17) is 40.8 Å². The van der Waals surface area contributed by atoms with Gasteiger partial charge in [0.1, 0.15) is 35.3 Å². The Bertz CT molecular complexity index is 1700. The highest BCUT2D eigenvalue weighted by Crippen LogP contribution is 2.47. The molecule has 3 N–H and O–H groups in total. The molecule has 0 aliphatic carbocycles. The number of hydrogen-bond donors (Lipinski definition) is 2. The van der Waals surface area contributed by atoms with Gasteiger partial charge < -0.3 is 24.3 Å². The van der Waals surface area contributed by atoms with Crippen LogP contribution in [0.5, 0.6) is 5.75 Å². The van der Waals surface area contributed by atoms with Crippen molar-refractivity contribution in [3.8, 4) is 5.75 Å². The monoisotopic (exact) mass is 673 g/mol. The number of nitrogen functional groups attached to an aromatic ring is 1. The lowest BCUT2D eigenvalue weighted by molar-refractivity contribution is -0.158. The van der Waals surface area contributed by atoms with Crippen LogP contribution in [0.1, 0.15) is 67.3 Å². The highest BCUT2D eigenvalue weighted by Gasteiger charge is 2.39. The second-order valence-corrected chi connectivity index (χ2v) is 14.9. The first-order valence-corrected chi connectivity index (χ1v) is 17.4. The molecule has 0 spiro atoms. The number of aromatic nitrogens is 3. The fourth-order valence-electron chi connectivity index (χ4n) is 4.99. The van der Waals surface area contributed by atoms with Crippen molar-refractivity contribution in [1.82, 2.24) is 19.6 Å². The molecule has 1 unspecified atom stereocenters. The summed E-state index contributed by atoms with van der Waals surface area (Å²) in [6, 6.07) is 12.7. The molecule has 0 amide bonds. The summed E-state index contributed by atoms with van der Waals surface area (Å²) in [4.78, 5) is 22.7. The van der Waals surface area contributed by atoms with Crippen LogP contribution in [0.4, 0.5) is 5.82 Å². The summed E-state index contributed by atoms with van der Waals surface area (Å²) < 4.78 is 40.4. The Kier molecular flexibility index (Phi) is 11.4. The fraction of sp³-hybridized carbons (Fsp3) is 0.485. The van der Waals surface area contributed by atoms with Crippen molar-refractivity contribution in [3.05, 3.63) is 59.4 Å². The minimum absolute atomic E-state index is 0.0401. The van der Waals surface area contributed by atoms with Gasteiger partial charge in [0.25, 0.3) is 0 Å². The van der Waals surface area contributed by atoms with Gasteiger partial charge in [-0.15, -0.1) is 0 Å². The van der Waals surface area contributed by atoms with Crippen molar-refractivity contribution < 1.29 is 27.9 Å². The molecule has 3 atom stereocenters. The number of ether oxygens (including phenoxy) is 2. The molecular weight excluding hydrogens is 629 g/mol. The van der Waals surface area contributed by atoms with Crippen LogP contribution in [0.25, 0.3) is 21.9 Å². The lowest BCUT2D eigenvalue weighted by Gasteiger charge is -2.31. The number of rotatable bonds is 14. The van der Waals surface area contributed by atoms with Gasteiger partial charge in [0.15, 0.2) is 5.82 Å².